The van der Waals surface area contributed by atoms with Crippen LogP contribution >= 0.6 is 0 Å². The zero-order valence-electron chi connectivity index (χ0n) is 12.4. The summed E-state index contributed by atoms with van der Waals surface area (Å²) in [5, 5.41) is 0. The van der Waals surface area contributed by atoms with Crippen molar-refractivity contribution in [3.05, 3.63) is 35.4 Å². The summed E-state index contributed by atoms with van der Waals surface area (Å²) in [4.78, 5) is 0. The molecule has 0 bridgehead atoms. The Labute approximate surface area is 117 Å². The normalized spacial score (nSPS) is 33.3. The lowest BCUT2D eigenvalue weighted by atomic mass is 9.68. The molecule has 1 saturated carbocycles. The average molecular weight is 260 g/mol. The first kappa shape index (κ1) is 14.5. The third-order valence-corrected chi connectivity index (χ3v) is 4.91. The summed E-state index contributed by atoms with van der Waals surface area (Å²) in [6.07, 6.45) is 8.26. The van der Waals surface area contributed by atoms with Crippen molar-refractivity contribution < 1.29 is 0 Å². The molecule has 1 fully saturated rings. The Hall–Kier alpha value is -0.860. The molecule has 0 aliphatic heterocycles. The van der Waals surface area contributed by atoms with E-state index in [4.69, 9.17) is 11.5 Å². The predicted molar refractivity (Wildman–Crippen MR) is 82.0 cm³/mol. The van der Waals surface area contributed by atoms with E-state index in [9.17, 15) is 0 Å². The Morgan fingerprint density at radius 3 is 2.16 bits per heavy atom. The molecule has 2 nitrogen and oxygen atoms in total. The molecule has 4 N–H and O–H groups in total. The number of aryl methyl sites for hydroxylation is 1. The van der Waals surface area contributed by atoms with Crippen LogP contribution in [-0.4, -0.2) is 5.54 Å². The Bertz CT molecular complexity index is 425. The summed E-state index contributed by atoms with van der Waals surface area (Å²) >= 11 is 0. The lowest BCUT2D eigenvalue weighted by Gasteiger charge is -2.45. The summed E-state index contributed by atoms with van der Waals surface area (Å²) < 4.78 is 0. The quantitative estimate of drug-likeness (QED) is 0.810. The van der Waals surface area contributed by atoms with Gasteiger partial charge in [-0.2, -0.15) is 0 Å². The molecule has 1 aromatic carbocycles. The standard InChI is InChI=1S/C17H28N2/c1-14-10-6-7-11-15(14)17(19)13-9-5-3-4-8-12-16(17,2)18/h6-7,10-11H,3-5,8-9,12-13,18-19H2,1-2H3. The van der Waals surface area contributed by atoms with Gasteiger partial charge in [0, 0.05) is 5.54 Å². The van der Waals surface area contributed by atoms with Crippen molar-refractivity contribution in [1.82, 2.24) is 0 Å². The molecular weight excluding hydrogens is 232 g/mol. The van der Waals surface area contributed by atoms with Crippen molar-refractivity contribution in [3.63, 3.8) is 0 Å². The second-order valence-corrected chi connectivity index (χ2v) is 6.47. The van der Waals surface area contributed by atoms with Gasteiger partial charge in [-0.05, 0) is 37.8 Å². The molecule has 0 saturated heterocycles. The SMILES string of the molecule is Cc1ccccc1C1(N)CCCCCCCC1(C)N. The van der Waals surface area contributed by atoms with E-state index in [2.05, 4.69) is 38.1 Å². The minimum Gasteiger partial charge on any atom is -0.323 e. The van der Waals surface area contributed by atoms with Crippen LogP contribution in [0.5, 0.6) is 0 Å². The van der Waals surface area contributed by atoms with Crippen LogP contribution < -0.4 is 11.5 Å². The fraction of sp³-hybridized carbons (Fsp3) is 0.647. The second-order valence-electron chi connectivity index (χ2n) is 6.47. The number of hydrogen-bond donors (Lipinski definition) is 2. The van der Waals surface area contributed by atoms with Crippen molar-refractivity contribution >= 4 is 0 Å². The summed E-state index contributed by atoms with van der Waals surface area (Å²) in [5.41, 5.74) is 15.3. The van der Waals surface area contributed by atoms with E-state index in [1.165, 1.54) is 43.2 Å². The van der Waals surface area contributed by atoms with Gasteiger partial charge in [-0.25, -0.2) is 0 Å². The molecule has 2 heteroatoms. The van der Waals surface area contributed by atoms with Crippen LogP contribution in [0.2, 0.25) is 0 Å². The van der Waals surface area contributed by atoms with E-state index in [-0.39, 0.29) is 5.54 Å². The molecule has 1 aromatic rings. The molecule has 0 heterocycles. The average Bonchev–Trinajstić information content (AvgIpc) is 2.42. The number of hydrogen-bond acceptors (Lipinski definition) is 2. The van der Waals surface area contributed by atoms with Crippen molar-refractivity contribution in [1.29, 1.82) is 0 Å². The maximum atomic E-state index is 6.87. The Morgan fingerprint density at radius 2 is 1.47 bits per heavy atom. The minimum atomic E-state index is -0.400. The highest BCUT2D eigenvalue weighted by Gasteiger charge is 2.43. The van der Waals surface area contributed by atoms with Gasteiger partial charge in [0.15, 0.2) is 0 Å². The highest BCUT2D eigenvalue weighted by Crippen LogP contribution is 2.39. The van der Waals surface area contributed by atoms with Gasteiger partial charge in [0.25, 0.3) is 0 Å². The van der Waals surface area contributed by atoms with Crippen LogP contribution in [0.4, 0.5) is 0 Å². The van der Waals surface area contributed by atoms with Crippen molar-refractivity contribution in [3.8, 4) is 0 Å². The molecule has 1 aliphatic carbocycles. The molecule has 0 amide bonds. The maximum absolute atomic E-state index is 6.87. The molecule has 0 radical (unpaired) electrons. The lowest BCUT2D eigenvalue weighted by Crippen LogP contribution is -2.61. The molecular formula is C17H28N2. The highest BCUT2D eigenvalue weighted by molar-refractivity contribution is 5.36. The molecule has 0 aromatic heterocycles. The first-order valence-electron chi connectivity index (χ1n) is 7.61. The van der Waals surface area contributed by atoms with Crippen LogP contribution in [0.3, 0.4) is 0 Å². The van der Waals surface area contributed by atoms with Crippen LogP contribution in [0.25, 0.3) is 0 Å². The molecule has 19 heavy (non-hydrogen) atoms. The van der Waals surface area contributed by atoms with E-state index < -0.39 is 5.54 Å². The summed E-state index contributed by atoms with van der Waals surface area (Å²) in [7, 11) is 0. The topological polar surface area (TPSA) is 52.0 Å². The first-order chi connectivity index (χ1) is 8.97. The predicted octanol–water partition coefficient (Wildman–Crippen LogP) is 3.61. The van der Waals surface area contributed by atoms with Gasteiger partial charge >= 0.3 is 0 Å². The smallest absolute Gasteiger partial charge is 0.0591 e. The van der Waals surface area contributed by atoms with Crippen LogP contribution in [0.1, 0.15) is 63.0 Å². The van der Waals surface area contributed by atoms with Crippen molar-refractivity contribution in [2.75, 3.05) is 0 Å². The zero-order chi connectivity index (χ0) is 13.9. The lowest BCUT2D eigenvalue weighted by molar-refractivity contribution is 0.206. The van der Waals surface area contributed by atoms with Crippen LogP contribution in [0.15, 0.2) is 24.3 Å². The van der Waals surface area contributed by atoms with Crippen molar-refractivity contribution in [2.45, 2.75) is 69.9 Å². The van der Waals surface area contributed by atoms with Crippen molar-refractivity contribution in [2.24, 2.45) is 11.5 Å². The van der Waals surface area contributed by atoms with Gasteiger partial charge in [-0.15, -0.1) is 0 Å². The summed E-state index contributed by atoms with van der Waals surface area (Å²) in [6.45, 7) is 4.29. The molecule has 0 spiro atoms. The number of nitrogens with two attached hydrogens (primary N) is 2. The molecule has 106 valence electrons. The minimum absolute atomic E-state index is 0.330. The van der Waals surface area contributed by atoms with Gasteiger partial charge in [0.1, 0.15) is 0 Å². The summed E-state index contributed by atoms with van der Waals surface area (Å²) in [6, 6.07) is 8.47. The van der Waals surface area contributed by atoms with E-state index in [0.717, 1.165) is 12.8 Å². The Kier molecular flexibility index (Phi) is 4.32. The van der Waals surface area contributed by atoms with Crippen LogP contribution in [-0.2, 0) is 5.54 Å². The number of rotatable bonds is 1. The number of benzene rings is 1. The third kappa shape index (κ3) is 2.85. The van der Waals surface area contributed by atoms with Crippen LogP contribution in [0, 0.1) is 6.92 Å². The fourth-order valence-corrected chi connectivity index (χ4v) is 3.45. The zero-order valence-corrected chi connectivity index (χ0v) is 12.4. The Morgan fingerprint density at radius 1 is 0.895 bits per heavy atom. The third-order valence-electron chi connectivity index (χ3n) is 4.91. The van der Waals surface area contributed by atoms with Gasteiger partial charge in [0.05, 0.1) is 5.54 Å². The van der Waals surface area contributed by atoms with E-state index in [1.807, 2.05) is 0 Å². The monoisotopic (exact) mass is 260 g/mol. The van der Waals surface area contributed by atoms with E-state index in [0.29, 0.717) is 0 Å². The van der Waals surface area contributed by atoms with E-state index in [1.54, 1.807) is 0 Å². The summed E-state index contributed by atoms with van der Waals surface area (Å²) in [5.74, 6) is 0. The van der Waals surface area contributed by atoms with Gasteiger partial charge in [-0.1, -0.05) is 56.4 Å². The largest absolute Gasteiger partial charge is 0.323 e. The maximum Gasteiger partial charge on any atom is 0.0591 e. The van der Waals surface area contributed by atoms with Gasteiger partial charge in [-0.3, -0.25) is 0 Å². The molecule has 2 unspecified atom stereocenters. The second kappa shape index (κ2) is 5.64. The highest BCUT2D eigenvalue weighted by atomic mass is 14.9. The Balaban J connectivity index is 2.42. The van der Waals surface area contributed by atoms with Gasteiger partial charge in [0.2, 0.25) is 0 Å². The first-order valence-corrected chi connectivity index (χ1v) is 7.61. The molecule has 2 rings (SSSR count). The van der Waals surface area contributed by atoms with E-state index >= 15 is 0 Å². The van der Waals surface area contributed by atoms with Gasteiger partial charge < -0.3 is 11.5 Å². The molecule has 1 aliphatic rings. The molecule has 2 atom stereocenters. The fourth-order valence-electron chi connectivity index (χ4n) is 3.45.